The summed E-state index contributed by atoms with van der Waals surface area (Å²) in [5.41, 5.74) is 1.44. The molecule has 0 fully saturated rings. The van der Waals surface area contributed by atoms with Gasteiger partial charge < -0.3 is 10.1 Å². The van der Waals surface area contributed by atoms with Gasteiger partial charge in [0.2, 0.25) is 5.91 Å². The molecular formula is C19H18ClN3O4S. The number of hydrazone groups is 1. The minimum atomic E-state index is -0.513. The first-order valence-electron chi connectivity index (χ1n) is 8.61. The summed E-state index contributed by atoms with van der Waals surface area (Å²) >= 11 is 7.15. The zero-order valence-corrected chi connectivity index (χ0v) is 16.9. The Balaban J connectivity index is 1.91. The largest absolute Gasteiger partial charge is 0.462 e. The van der Waals surface area contributed by atoms with Crippen LogP contribution in [0, 0.1) is 0 Å². The quantitative estimate of drug-likeness (QED) is 0.747. The number of hydrogen-bond donors (Lipinski definition) is 1. The van der Waals surface area contributed by atoms with Crippen molar-refractivity contribution in [2.45, 2.75) is 19.8 Å². The molecule has 1 aliphatic heterocycles. The van der Waals surface area contributed by atoms with Crippen molar-refractivity contribution >= 4 is 52.1 Å². The first-order chi connectivity index (χ1) is 13.4. The van der Waals surface area contributed by atoms with Gasteiger partial charge in [-0.1, -0.05) is 23.7 Å². The number of rotatable bonds is 5. The van der Waals surface area contributed by atoms with E-state index in [2.05, 4.69) is 10.4 Å². The van der Waals surface area contributed by atoms with Crippen LogP contribution in [0.2, 0.25) is 5.02 Å². The van der Waals surface area contributed by atoms with Crippen LogP contribution in [-0.4, -0.2) is 42.2 Å². The molecular weight excluding hydrogens is 402 g/mol. The molecule has 28 heavy (non-hydrogen) atoms. The van der Waals surface area contributed by atoms with Crippen molar-refractivity contribution in [3.8, 4) is 10.4 Å². The maximum Gasteiger partial charge on any atom is 0.350 e. The van der Waals surface area contributed by atoms with E-state index in [1.807, 2.05) is 12.1 Å². The van der Waals surface area contributed by atoms with Crippen LogP contribution in [0.1, 0.15) is 29.4 Å². The fourth-order valence-corrected chi connectivity index (χ4v) is 3.75. The summed E-state index contributed by atoms with van der Waals surface area (Å²) in [6, 6.07) is 8.89. The fraction of sp³-hybridized carbons (Fsp3) is 0.263. The minimum Gasteiger partial charge on any atom is -0.462 e. The lowest BCUT2D eigenvalue weighted by Gasteiger charge is -2.18. The number of hydrogen-bond acceptors (Lipinski definition) is 6. The molecule has 2 heterocycles. The molecule has 1 aromatic carbocycles. The van der Waals surface area contributed by atoms with Crippen molar-refractivity contribution in [1.82, 2.24) is 5.01 Å². The van der Waals surface area contributed by atoms with Gasteiger partial charge in [0.1, 0.15) is 10.6 Å². The van der Waals surface area contributed by atoms with Crippen LogP contribution in [0.25, 0.3) is 10.4 Å². The Labute approximate surface area is 170 Å². The Morgan fingerprint density at radius 2 is 2.00 bits per heavy atom. The predicted octanol–water partition coefficient (Wildman–Crippen LogP) is 3.79. The highest BCUT2D eigenvalue weighted by molar-refractivity contribution is 7.18. The molecule has 9 heteroatoms. The molecule has 3 rings (SSSR count). The van der Waals surface area contributed by atoms with Crippen molar-refractivity contribution in [2.24, 2.45) is 5.10 Å². The zero-order chi connectivity index (χ0) is 20.3. The van der Waals surface area contributed by atoms with Gasteiger partial charge in [-0.15, -0.1) is 11.3 Å². The van der Waals surface area contributed by atoms with Gasteiger partial charge in [-0.25, -0.2) is 9.80 Å². The first-order valence-corrected chi connectivity index (χ1v) is 9.80. The van der Waals surface area contributed by atoms with E-state index >= 15 is 0 Å². The van der Waals surface area contributed by atoms with Crippen LogP contribution in [0.5, 0.6) is 0 Å². The summed E-state index contributed by atoms with van der Waals surface area (Å²) in [7, 11) is 1.50. The van der Waals surface area contributed by atoms with E-state index in [-0.39, 0.29) is 31.1 Å². The maximum absolute atomic E-state index is 12.6. The molecule has 0 radical (unpaired) electrons. The Morgan fingerprint density at radius 1 is 1.29 bits per heavy atom. The normalized spacial score (nSPS) is 13.9. The molecule has 1 aromatic heterocycles. The number of thiophene rings is 1. The van der Waals surface area contributed by atoms with Crippen LogP contribution in [0.3, 0.4) is 0 Å². The molecule has 1 aliphatic rings. The standard InChI is InChI=1S/C19H18ClN3O4S/c1-3-27-19(26)17-14(10-15(28-17)11-4-6-12(20)7-5-11)21-18(25)13-8-9-16(24)23(2)22-13/h4-7,10H,3,8-9H2,1-2H3,(H,21,25). The molecule has 7 nitrogen and oxygen atoms in total. The van der Waals surface area contributed by atoms with Gasteiger partial charge in [-0.3, -0.25) is 9.59 Å². The number of ether oxygens (including phenoxy) is 1. The summed E-state index contributed by atoms with van der Waals surface area (Å²) in [6.45, 7) is 1.94. The monoisotopic (exact) mass is 419 g/mol. The van der Waals surface area contributed by atoms with E-state index < -0.39 is 11.9 Å². The lowest BCUT2D eigenvalue weighted by atomic mass is 10.1. The molecule has 0 saturated heterocycles. The summed E-state index contributed by atoms with van der Waals surface area (Å²) < 4.78 is 5.11. The summed E-state index contributed by atoms with van der Waals surface area (Å²) in [4.78, 5) is 37.6. The average molecular weight is 420 g/mol. The van der Waals surface area contributed by atoms with Crippen LogP contribution in [0.15, 0.2) is 35.4 Å². The molecule has 146 valence electrons. The van der Waals surface area contributed by atoms with Crippen LogP contribution in [-0.2, 0) is 14.3 Å². The smallest absolute Gasteiger partial charge is 0.350 e. The third-order valence-electron chi connectivity index (χ3n) is 4.04. The van der Waals surface area contributed by atoms with Gasteiger partial charge in [0.25, 0.3) is 5.91 Å². The number of nitrogens with one attached hydrogen (secondary N) is 1. The third kappa shape index (κ3) is 4.40. The summed E-state index contributed by atoms with van der Waals surface area (Å²) in [5.74, 6) is -1.12. The number of carbonyl (C=O) groups excluding carboxylic acids is 3. The molecule has 0 aliphatic carbocycles. The Hall–Kier alpha value is -2.71. The molecule has 2 aromatic rings. The number of amides is 2. The molecule has 0 atom stereocenters. The van der Waals surface area contributed by atoms with Crippen LogP contribution in [0.4, 0.5) is 5.69 Å². The van der Waals surface area contributed by atoms with Crippen LogP contribution >= 0.6 is 22.9 Å². The molecule has 0 saturated carbocycles. The molecule has 0 unspecified atom stereocenters. The molecule has 1 N–H and O–H groups in total. The van der Waals surface area contributed by atoms with E-state index in [4.69, 9.17) is 16.3 Å². The number of carbonyl (C=O) groups is 3. The fourth-order valence-electron chi connectivity index (χ4n) is 2.62. The minimum absolute atomic E-state index is 0.149. The maximum atomic E-state index is 12.6. The second-order valence-corrected chi connectivity index (χ2v) is 7.49. The van der Waals surface area contributed by atoms with Crippen LogP contribution < -0.4 is 5.32 Å². The molecule has 0 bridgehead atoms. The third-order valence-corrected chi connectivity index (χ3v) is 5.46. The number of nitrogens with zero attached hydrogens (tertiary/aromatic N) is 2. The highest BCUT2D eigenvalue weighted by Crippen LogP contribution is 2.36. The van der Waals surface area contributed by atoms with Crippen molar-refractivity contribution in [3.63, 3.8) is 0 Å². The number of anilines is 1. The van der Waals surface area contributed by atoms with Crippen molar-refractivity contribution < 1.29 is 19.1 Å². The number of halogens is 1. The second-order valence-electron chi connectivity index (χ2n) is 6.00. The van der Waals surface area contributed by atoms with E-state index in [1.165, 1.54) is 18.4 Å². The van der Waals surface area contributed by atoms with Crippen molar-refractivity contribution in [1.29, 1.82) is 0 Å². The van der Waals surface area contributed by atoms with Gasteiger partial charge in [0, 0.05) is 29.8 Å². The van der Waals surface area contributed by atoms with Crippen molar-refractivity contribution in [3.05, 3.63) is 40.2 Å². The lowest BCUT2D eigenvalue weighted by Crippen LogP contribution is -2.34. The van der Waals surface area contributed by atoms with Crippen molar-refractivity contribution in [2.75, 3.05) is 19.0 Å². The Morgan fingerprint density at radius 3 is 2.64 bits per heavy atom. The molecule has 0 spiro atoms. The Kier molecular flexibility index (Phi) is 6.11. The van der Waals surface area contributed by atoms with E-state index in [9.17, 15) is 14.4 Å². The van der Waals surface area contributed by atoms with Gasteiger partial charge in [-0.2, -0.15) is 5.10 Å². The number of esters is 1. The highest BCUT2D eigenvalue weighted by Gasteiger charge is 2.25. The molecule has 2 amide bonds. The SMILES string of the molecule is CCOC(=O)c1sc(-c2ccc(Cl)cc2)cc1NC(=O)C1=NN(C)C(=O)CC1. The summed E-state index contributed by atoms with van der Waals surface area (Å²) in [6.07, 6.45) is 0.463. The van der Waals surface area contributed by atoms with E-state index in [0.29, 0.717) is 15.6 Å². The van der Waals surface area contributed by atoms with Gasteiger partial charge >= 0.3 is 5.97 Å². The first kappa shape index (κ1) is 20.0. The van der Waals surface area contributed by atoms with Gasteiger partial charge in [0.05, 0.1) is 12.3 Å². The number of benzene rings is 1. The summed E-state index contributed by atoms with van der Waals surface area (Å²) in [5, 5.41) is 8.49. The average Bonchev–Trinajstić information content (AvgIpc) is 3.08. The van der Waals surface area contributed by atoms with E-state index in [0.717, 1.165) is 15.4 Å². The second kappa shape index (κ2) is 8.53. The predicted molar refractivity (Wildman–Crippen MR) is 109 cm³/mol. The topological polar surface area (TPSA) is 88.1 Å². The Bertz CT molecular complexity index is 953. The van der Waals surface area contributed by atoms with E-state index in [1.54, 1.807) is 25.1 Å². The highest BCUT2D eigenvalue weighted by atomic mass is 35.5. The zero-order valence-electron chi connectivity index (χ0n) is 15.3. The van der Waals surface area contributed by atoms with Gasteiger partial charge in [0.15, 0.2) is 0 Å². The lowest BCUT2D eigenvalue weighted by molar-refractivity contribution is -0.130. The van der Waals surface area contributed by atoms with Gasteiger partial charge in [-0.05, 0) is 30.7 Å².